The summed E-state index contributed by atoms with van der Waals surface area (Å²) in [5, 5.41) is 4.14. The molecule has 1 saturated carbocycles. The highest BCUT2D eigenvalue weighted by atomic mass is 16.5. The minimum absolute atomic E-state index is 0.180. The Labute approximate surface area is 114 Å². The van der Waals surface area contributed by atoms with Crippen LogP contribution in [0.1, 0.15) is 70.6 Å². The Morgan fingerprint density at radius 2 is 2.32 bits per heavy atom. The minimum Gasteiger partial charge on any atom is -0.367 e. The van der Waals surface area contributed by atoms with Crippen LogP contribution in [0.3, 0.4) is 0 Å². The van der Waals surface area contributed by atoms with E-state index in [9.17, 15) is 0 Å². The highest BCUT2D eigenvalue weighted by Crippen LogP contribution is 2.41. The quantitative estimate of drug-likeness (QED) is 0.887. The summed E-state index contributed by atoms with van der Waals surface area (Å²) in [5.74, 6) is 1.83. The number of ether oxygens (including phenoxy) is 1. The smallest absolute Gasteiger partial charge is 0.243 e. The van der Waals surface area contributed by atoms with E-state index >= 15 is 0 Å². The van der Waals surface area contributed by atoms with Crippen molar-refractivity contribution in [2.24, 2.45) is 11.7 Å². The van der Waals surface area contributed by atoms with Crippen LogP contribution >= 0.6 is 0 Å². The standard InChI is InChI=1S/C14H25N3O2/c1-4-11(15)12-16-13(17-19-12)14(18-5-2)8-6-7-10(3)9-14/h10-11H,4-9,15H2,1-3H3/t10?,11-,14?/m1/s1. The molecule has 0 aliphatic heterocycles. The Morgan fingerprint density at radius 3 is 2.95 bits per heavy atom. The van der Waals surface area contributed by atoms with E-state index in [1.165, 1.54) is 6.42 Å². The Kier molecular flexibility index (Phi) is 4.58. The Bertz CT molecular complexity index is 403. The lowest BCUT2D eigenvalue weighted by atomic mass is 9.78. The summed E-state index contributed by atoms with van der Waals surface area (Å²) in [6.45, 7) is 6.94. The van der Waals surface area contributed by atoms with Crippen molar-refractivity contribution in [3.63, 3.8) is 0 Å². The van der Waals surface area contributed by atoms with Gasteiger partial charge >= 0.3 is 0 Å². The Morgan fingerprint density at radius 1 is 1.53 bits per heavy atom. The number of hydrogen-bond donors (Lipinski definition) is 1. The number of hydrogen-bond acceptors (Lipinski definition) is 5. The molecule has 0 spiro atoms. The van der Waals surface area contributed by atoms with Crippen LogP contribution < -0.4 is 5.73 Å². The van der Waals surface area contributed by atoms with Crippen LogP contribution in [0.4, 0.5) is 0 Å². The third-order valence-electron chi connectivity index (χ3n) is 3.98. The van der Waals surface area contributed by atoms with Gasteiger partial charge in [0.25, 0.3) is 0 Å². The predicted octanol–water partition coefficient (Wildman–Crippen LogP) is 2.92. The molecule has 2 unspecified atom stereocenters. The lowest BCUT2D eigenvalue weighted by Gasteiger charge is -2.37. The van der Waals surface area contributed by atoms with E-state index < -0.39 is 0 Å². The van der Waals surface area contributed by atoms with E-state index in [1.807, 2.05) is 13.8 Å². The fourth-order valence-corrected chi connectivity index (χ4v) is 2.92. The number of nitrogens with two attached hydrogens (primary N) is 1. The highest BCUT2D eigenvalue weighted by Gasteiger charge is 2.41. The van der Waals surface area contributed by atoms with Crippen molar-refractivity contribution in [3.05, 3.63) is 11.7 Å². The zero-order valence-corrected chi connectivity index (χ0v) is 12.2. The fourth-order valence-electron chi connectivity index (χ4n) is 2.92. The molecule has 2 N–H and O–H groups in total. The summed E-state index contributed by atoms with van der Waals surface area (Å²) in [5.41, 5.74) is 5.57. The lowest BCUT2D eigenvalue weighted by molar-refractivity contribution is -0.0891. The van der Waals surface area contributed by atoms with E-state index in [4.69, 9.17) is 15.0 Å². The van der Waals surface area contributed by atoms with Crippen LogP contribution in [-0.4, -0.2) is 16.7 Å². The van der Waals surface area contributed by atoms with E-state index in [2.05, 4.69) is 17.1 Å². The summed E-state index contributed by atoms with van der Waals surface area (Å²) in [7, 11) is 0. The lowest BCUT2D eigenvalue weighted by Crippen LogP contribution is -2.36. The van der Waals surface area contributed by atoms with Gasteiger partial charge in [0.05, 0.1) is 6.04 Å². The molecule has 1 heterocycles. The van der Waals surface area contributed by atoms with Gasteiger partial charge in [-0.15, -0.1) is 0 Å². The van der Waals surface area contributed by atoms with Gasteiger partial charge in [0.15, 0.2) is 0 Å². The molecule has 5 heteroatoms. The van der Waals surface area contributed by atoms with E-state index in [-0.39, 0.29) is 11.6 Å². The molecule has 1 aliphatic carbocycles. The second kappa shape index (κ2) is 6.01. The van der Waals surface area contributed by atoms with Gasteiger partial charge in [0.2, 0.25) is 11.7 Å². The second-order valence-electron chi connectivity index (χ2n) is 5.60. The van der Waals surface area contributed by atoms with Crippen LogP contribution in [0.5, 0.6) is 0 Å². The topological polar surface area (TPSA) is 74.2 Å². The molecule has 3 atom stereocenters. The maximum atomic E-state index is 6.03. The van der Waals surface area contributed by atoms with Gasteiger partial charge in [-0.1, -0.05) is 25.4 Å². The van der Waals surface area contributed by atoms with Crippen molar-refractivity contribution in [1.82, 2.24) is 10.1 Å². The van der Waals surface area contributed by atoms with Gasteiger partial charge in [-0.2, -0.15) is 4.98 Å². The van der Waals surface area contributed by atoms with Crippen molar-refractivity contribution in [2.75, 3.05) is 6.61 Å². The molecule has 0 saturated heterocycles. The largest absolute Gasteiger partial charge is 0.367 e. The van der Waals surface area contributed by atoms with Crippen LogP contribution in [-0.2, 0) is 10.3 Å². The summed E-state index contributed by atoms with van der Waals surface area (Å²) in [6.07, 6.45) is 5.10. The third kappa shape index (κ3) is 2.98. The zero-order valence-electron chi connectivity index (χ0n) is 12.2. The molecule has 0 amide bonds. The molecule has 2 rings (SSSR count). The second-order valence-corrected chi connectivity index (χ2v) is 5.60. The van der Waals surface area contributed by atoms with Crippen molar-refractivity contribution >= 4 is 0 Å². The summed E-state index contributed by atoms with van der Waals surface area (Å²) in [4.78, 5) is 4.50. The van der Waals surface area contributed by atoms with Crippen molar-refractivity contribution < 1.29 is 9.26 Å². The monoisotopic (exact) mass is 267 g/mol. The zero-order chi connectivity index (χ0) is 13.9. The Hall–Kier alpha value is -0.940. The van der Waals surface area contributed by atoms with Gasteiger partial charge in [0, 0.05) is 6.61 Å². The molecular weight excluding hydrogens is 242 g/mol. The summed E-state index contributed by atoms with van der Waals surface area (Å²) < 4.78 is 11.3. The van der Waals surface area contributed by atoms with Crippen LogP contribution in [0, 0.1) is 5.92 Å². The molecule has 5 nitrogen and oxygen atoms in total. The fraction of sp³-hybridized carbons (Fsp3) is 0.857. The first-order chi connectivity index (χ1) is 9.11. The first kappa shape index (κ1) is 14.5. The van der Waals surface area contributed by atoms with Crippen molar-refractivity contribution in [1.29, 1.82) is 0 Å². The maximum absolute atomic E-state index is 6.03. The highest BCUT2D eigenvalue weighted by molar-refractivity contribution is 5.05. The van der Waals surface area contributed by atoms with Gasteiger partial charge in [0.1, 0.15) is 5.60 Å². The minimum atomic E-state index is -0.373. The van der Waals surface area contributed by atoms with Crippen LogP contribution in [0.25, 0.3) is 0 Å². The van der Waals surface area contributed by atoms with Gasteiger partial charge in [-0.3, -0.25) is 0 Å². The molecular formula is C14H25N3O2. The third-order valence-corrected chi connectivity index (χ3v) is 3.98. The van der Waals surface area contributed by atoms with Crippen LogP contribution in [0.15, 0.2) is 4.52 Å². The summed E-state index contributed by atoms with van der Waals surface area (Å²) in [6, 6.07) is -0.180. The van der Waals surface area contributed by atoms with E-state index in [0.717, 1.165) is 25.7 Å². The van der Waals surface area contributed by atoms with E-state index in [1.54, 1.807) is 0 Å². The molecule has 0 aromatic carbocycles. The number of rotatable bonds is 5. The van der Waals surface area contributed by atoms with Crippen LogP contribution in [0.2, 0.25) is 0 Å². The van der Waals surface area contributed by atoms with Gasteiger partial charge in [-0.25, -0.2) is 0 Å². The molecule has 1 aromatic rings. The average Bonchev–Trinajstić information content (AvgIpc) is 2.88. The first-order valence-corrected chi connectivity index (χ1v) is 7.35. The molecule has 19 heavy (non-hydrogen) atoms. The molecule has 0 bridgehead atoms. The normalized spacial score (nSPS) is 29.4. The van der Waals surface area contributed by atoms with Gasteiger partial charge in [-0.05, 0) is 38.5 Å². The van der Waals surface area contributed by atoms with Gasteiger partial charge < -0.3 is 15.0 Å². The average molecular weight is 267 g/mol. The number of nitrogens with zero attached hydrogens (tertiary/aromatic N) is 2. The molecule has 1 aromatic heterocycles. The van der Waals surface area contributed by atoms with Crippen molar-refractivity contribution in [2.45, 2.75) is 64.5 Å². The summed E-state index contributed by atoms with van der Waals surface area (Å²) >= 11 is 0. The first-order valence-electron chi connectivity index (χ1n) is 7.35. The van der Waals surface area contributed by atoms with Crippen molar-refractivity contribution in [3.8, 4) is 0 Å². The molecule has 0 radical (unpaired) electrons. The Balaban J connectivity index is 2.25. The number of aromatic nitrogens is 2. The van der Waals surface area contributed by atoms with E-state index in [0.29, 0.717) is 24.2 Å². The maximum Gasteiger partial charge on any atom is 0.243 e. The molecule has 1 aliphatic rings. The molecule has 108 valence electrons. The SMILES string of the molecule is CCOC1(c2noc([C@H](N)CC)n2)CCCC(C)C1. The molecule has 1 fully saturated rings. The predicted molar refractivity (Wildman–Crippen MR) is 72.5 cm³/mol.